The first-order valence-corrected chi connectivity index (χ1v) is 8.37. The molecule has 10 heteroatoms. The van der Waals surface area contributed by atoms with E-state index in [1.165, 1.54) is 24.3 Å². The summed E-state index contributed by atoms with van der Waals surface area (Å²) in [6.07, 6.45) is -0.393. The summed E-state index contributed by atoms with van der Waals surface area (Å²) in [5, 5.41) is 11.1. The maximum absolute atomic E-state index is 12.8. The van der Waals surface area contributed by atoms with Gasteiger partial charge in [0.1, 0.15) is 11.4 Å². The number of ketones is 1. The second-order valence-electron chi connectivity index (χ2n) is 6.06. The molecule has 3 rings (SSSR count). The summed E-state index contributed by atoms with van der Waals surface area (Å²) in [6.45, 7) is -0.939. The predicted octanol–water partition coefficient (Wildman–Crippen LogP) is 2.15. The Balaban J connectivity index is 1.58. The average Bonchev–Trinajstić information content (AvgIpc) is 2.95. The van der Waals surface area contributed by atoms with E-state index >= 15 is 0 Å². The maximum atomic E-state index is 12.8. The van der Waals surface area contributed by atoms with Crippen LogP contribution in [-0.2, 0) is 9.53 Å². The third-order valence-electron chi connectivity index (χ3n) is 4.24. The van der Waals surface area contributed by atoms with Crippen molar-refractivity contribution >= 4 is 29.3 Å². The molecule has 0 atom stereocenters. The van der Waals surface area contributed by atoms with Gasteiger partial charge in [-0.05, 0) is 30.3 Å². The summed E-state index contributed by atoms with van der Waals surface area (Å²) in [5.41, 5.74) is -0.755. The van der Waals surface area contributed by atoms with E-state index in [-0.39, 0.29) is 23.2 Å². The van der Waals surface area contributed by atoms with E-state index in [2.05, 4.69) is 0 Å². The Morgan fingerprint density at radius 1 is 1.07 bits per heavy atom. The molecule has 2 amide bonds. The Hall–Kier alpha value is -3.95. The van der Waals surface area contributed by atoms with Gasteiger partial charge in [0.05, 0.1) is 16.9 Å². The molecule has 0 bridgehead atoms. The van der Waals surface area contributed by atoms with Crippen LogP contribution in [-0.4, -0.2) is 46.5 Å². The number of ether oxygens (including phenoxy) is 1. The van der Waals surface area contributed by atoms with Crippen LogP contribution in [0.3, 0.4) is 0 Å². The van der Waals surface area contributed by atoms with Gasteiger partial charge in [-0.3, -0.25) is 34.2 Å². The number of rotatable bonds is 7. The molecular formula is C19H13FN2O7. The third kappa shape index (κ3) is 4.00. The fourth-order valence-electron chi connectivity index (χ4n) is 2.81. The molecule has 1 heterocycles. The molecule has 0 aromatic heterocycles. The van der Waals surface area contributed by atoms with Crippen LogP contribution < -0.4 is 0 Å². The summed E-state index contributed by atoms with van der Waals surface area (Å²) >= 11 is 0. The fourth-order valence-corrected chi connectivity index (χ4v) is 2.81. The summed E-state index contributed by atoms with van der Waals surface area (Å²) in [7, 11) is 0. The molecule has 0 saturated carbocycles. The van der Waals surface area contributed by atoms with Crippen molar-refractivity contribution in [1.29, 1.82) is 0 Å². The molecule has 1 aliphatic rings. The van der Waals surface area contributed by atoms with Gasteiger partial charge >= 0.3 is 5.97 Å². The number of fused-ring (bicyclic) bond motifs is 1. The number of hydrogen-bond acceptors (Lipinski definition) is 7. The molecule has 0 spiro atoms. The number of carbonyl (C=O) groups excluding carboxylic acids is 4. The van der Waals surface area contributed by atoms with Crippen LogP contribution in [0, 0.1) is 15.9 Å². The van der Waals surface area contributed by atoms with Crippen molar-refractivity contribution < 1.29 is 33.2 Å². The maximum Gasteiger partial charge on any atom is 0.308 e. The van der Waals surface area contributed by atoms with Gasteiger partial charge in [0, 0.05) is 18.2 Å². The van der Waals surface area contributed by atoms with E-state index in [0.29, 0.717) is 0 Å². The molecule has 0 aliphatic carbocycles. The molecule has 0 radical (unpaired) electrons. The normalized spacial score (nSPS) is 12.7. The molecule has 1 aliphatic heterocycles. The van der Waals surface area contributed by atoms with Crippen LogP contribution in [0.4, 0.5) is 10.1 Å². The number of imide groups is 1. The van der Waals surface area contributed by atoms with Crippen molar-refractivity contribution in [1.82, 2.24) is 4.90 Å². The number of nitro groups is 1. The van der Waals surface area contributed by atoms with Crippen molar-refractivity contribution in [3.05, 3.63) is 75.1 Å². The highest BCUT2D eigenvalue weighted by molar-refractivity contribution is 6.23. The lowest BCUT2D eigenvalue weighted by molar-refractivity contribution is -0.385. The monoisotopic (exact) mass is 400 g/mol. The van der Waals surface area contributed by atoms with Crippen LogP contribution in [0.2, 0.25) is 0 Å². The molecule has 29 heavy (non-hydrogen) atoms. The van der Waals surface area contributed by atoms with Crippen LogP contribution in [0.15, 0.2) is 42.5 Å². The number of Topliss-reactive ketones (excluding diaryl/α,β-unsaturated/α-hetero) is 1. The number of halogens is 1. The van der Waals surface area contributed by atoms with Gasteiger partial charge in [-0.15, -0.1) is 0 Å². The zero-order valence-electron chi connectivity index (χ0n) is 14.8. The highest BCUT2D eigenvalue weighted by Gasteiger charge is 2.40. The topological polar surface area (TPSA) is 124 Å². The predicted molar refractivity (Wildman–Crippen MR) is 94.8 cm³/mol. The zero-order valence-corrected chi connectivity index (χ0v) is 14.8. The third-order valence-corrected chi connectivity index (χ3v) is 4.24. The fraction of sp³-hybridized carbons (Fsp3) is 0.158. The van der Waals surface area contributed by atoms with Gasteiger partial charge in [-0.2, -0.15) is 0 Å². The van der Waals surface area contributed by atoms with E-state index in [4.69, 9.17) is 4.74 Å². The highest BCUT2D eigenvalue weighted by atomic mass is 19.1. The first-order chi connectivity index (χ1) is 13.8. The smallest absolute Gasteiger partial charge is 0.308 e. The number of amides is 2. The van der Waals surface area contributed by atoms with Gasteiger partial charge in [-0.25, -0.2) is 4.39 Å². The average molecular weight is 400 g/mol. The molecule has 0 unspecified atom stereocenters. The SMILES string of the molecule is O=C(CCN1C(=O)c2cccc([N+](=O)[O-])c2C1=O)OCC(=O)c1ccc(F)cc1. The van der Waals surface area contributed by atoms with Gasteiger partial charge in [-0.1, -0.05) is 6.07 Å². The summed E-state index contributed by atoms with van der Waals surface area (Å²) in [6, 6.07) is 8.38. The summed E-state index contributed by atoms with van der Waals surface area (Å²) < 4.78 is 17.7. The number of carbonyl (C=O) groups is 4. The quantitative estimate of drug-likeness (QED) is 0.229. The number of nitro benzene ring substituents is 1. The van der Waals surface area contributed by atoms with E-state index in [9.17, 15) is 33.7 Å². The Morgan fingerprint density at radius 2 is 1.76 bits per heavy atom. The zero-order chi connectivity index (χ0) is 21.1. The minimum atomic E-state index is -0.868. The van der Waals surface area contributed by atoms with Crippen LogP contribution in [0.25, 0.3) is 0 Å². The number of nitrogens with zero attached hydrogens (tertiary/aromatic N) is 2. The Bertz CT molecular complexity index is 1030. The molecule has 0 N–H and O–H groups in total. The van der Waals surface area contributed by atoms with Crippen molar-refractivity contribution in [3.63, 3.8) is 0 Å². The van der Waals surface area contributed by atoms with Crippen molar-refractivity contribution in [2.45, 2.75) is 6.42 Å². The second kappa shape index (κ2) is 7.97. The first kappa shape index (κ1) is 19.8. The molecule has 2 aromatic rings. The summed E-state index contributed by atoms with van der Waals surface area (Å²) in [5.74, 6) is -3.52. The molecule has 0 fully saturated rings. The van der Waals surface area contributed by atoms with Gasteiger partial charge in [0.15, 0.2) is 12.4 Å². The van der Waals surface area contributed by atoms with Crippen LogP contribution in [0.5, 0.6) is 0 Å². The molecule has 0 saturated heterocycles. The van der Waals surface area contributed by atoms with Crippen molar-refractivity contribution in [2.24, 2.45) is 0 Å². The van der Waals surface area contributed by atoms with Gasteiger partial charge in [0.25, 0.3) is 17.5 Å². The minimum absolute atomic E-state index is 0.107. The lowest BCUT2D eigenvalue weighted by atomic mass is 10.1. The molecule has 148 valence electrons. The summed E-state index contributed by atoms with van der Waals surface area (Å²) in [4.78, 5) is 59.5. The Labute approximate surface area is 162 Å². The minimum Gasteiger partial charge on any atom is -0.457 e. The van der Waals surface area contributed by atoms with E-state index < -0.39 is 53.0 Å². The largest absolute Gasteiger partial charge is 0.457 e. The van der Waals surface area contributed by atoms with E-state index in [0.717, 1.165) is 23.1 Å². The van der Waals surface area contributed by atoms with Crippen molar-refractivity contribution in [3.8, 4) is 0 Å². The lowest BCUT2D eigenvalue weighted by Gasteiger charge is -2.13. The number of hydrogen-bond donors (Lipinski definition) is 0. The highest BCUT2D eigenvalue weighted by Crippen LogP contribution is 2.30. The van der Waals surface area contributed by atoms with Crippen LogP contribution in [0.1, 0.15) is 37.5 Å². The standard InChI is InChI=1S/C19H13FN2O7/c20-12-6-4-11(5-7-12)15(23)10-29-16(24)8-9-21-18(25)13-2-1-3-14(22(27)28)17(13)19(21)26/h1-7H,8-10H2. The Morgan fingerprint density at radius 3 is 2.41 bits per heavy atom. The Kier molecular flexibility index (Phi) is 5.44. The van der Waals surface area contributed by atoms with E-state index in [1.807, 2.05) is 0 Å². The molecule has 9 nitrogen and oxygen atoms in total. The van der Waals surface area contributed by atoms with Gasteiger partial charge < -0.3 is 4.74 Å². The van der Waals surface area contributed by atoms with Gasteiger partial charge in [0.2, 0.25) is 0 Å². The molecule has 2 aromatic carbocycles. The first-order valence-electron chi connectivity index (χ1n) is 8.37. The van der Waals surface area contributed by atoms with E-state index in [1.54, 1.807) is 0 Å². The molecular weight excluding hydrogens is 387 g/mol. The van der Waals surface area contributed by atoms with Crippen LogP contribution >= 0.6 is 0 Å². The number of benzene rings is 2. The van der Waals surface area contributed by atoms with Crippen molar-refractivity contribution in [2.75, 3.05) is 13.2 Å². The number of esters is 1. The second-order valence-corrected chi connectivity index (χ2v) is 6.06. The lowest BCUT2D eigenvalue weighted by Crippen LogP contribution is -2.32.